The normalized spacial score (nSPS) is 12.3. The molecule has 0 bridgehead atoms. The maximum atomic E-state index is 11.0. The van der Waals surface area contributed by atoms with Crippen LogP contribution in [-0.4, -0.2) is 32.1 Å². The number of fused-ring (bicyclic) bond motifs is 1. The summed E-state index contributed by atoms with van der Waals surface area (Å²) in [7, 11) is 0. The molecule has 0 aliphatic rings. The van der Waals surface area contributed by atoms with Crippen LogP contribution in [0.25, 0.3) is 11.2 Å². The Labute approximate surface area is 104 Å². The van der Waals surface area contributed by atoms with Crippen molar-refractivity contribution in [1.82, 2.24) is 15.0 Å². The van der Waals surface area contributed by atoms with Crippen molar-refractivity contribution in [1.29, 1.82) is 0 Å². The van der Waals surface area contributed by atoms with E-state index >= 15 is 0 Å². The van der Waals surface area contributed by atoms with Gasteiger partial charge in [-0.1, -0.05) is 13.3 Å². The smallest absolute Gasteiger partial charge is 0.326 e. The van der Waals surface area contributed by atoms with E-state index in [4.69, 9.17) is 5.11 Å². The Balaban J connectivity index is 2.22. The molecule has 0 amide bonds. The minimum Gasteiger partial charge on any atom is -0.480 e. The second kappa shape index (κ2) is 5.39. The third kappa shape index (κ3) is 2.71. The predicted octanol–water partition coefficient (Wildman–Crippen LogP) is 1.69. The lowest BCUT2D eigenvalue weighted by Crippen LogP contribution is -2.29. The van der Waals surface area contributed by atoms with Gasteiger partial charge in [0.05, 0.1) is 0 Å². The van der Waals surface area contributed by atoms with E-state index in [1.807, 2.05) is 6.92 Å². The number of aliphatic carboxylic acids is 1. The minimum atomic E-state index is -0.877. The van der Waals surface area contributed by atoms with Crippen molar-refractivity contribution in [2.24, 2.45) is 0 Å². The van der Waals surface area contributed by atoms with Gasteiger partial charge in [0.15, 0.2) is 5.65 Å². The van der Waals surface area contributed by atoms with Crippen LogP contribution in [0.1, 0.15) is 19.8 Å². The molecule has 0 radical (unpaired) electrons. The summed E-state index contributed by atoms with van der Waals surface area (Å²) in [5, 5.41) is 12.0. The van der Waals surface area contributed by atoms with Gasteiger partial charge < -0.3 is 10.4 Å². The zero-order chi connectivity index (χ0) is 13.0. The number of hydrogen-bond acceptors (Lipinski definition) is 5. The number of aromatic nitrogens is 3. The molecule has 0 spiro atoms. The van der Waals surface area contributed by atoms with Crippen molar-refractivity contribution in [2.75, 3.05) is 5.32 Å². The highest BCUT2D eigenvalue weighted by molar-refractivity contribution is 5.78. The molecule has 2 N–H and O–H groups in total. The summed E-state index contributed by atoms with van der Waals surface area (Å²) >= 11 is 0. The summed E-state index contributed by atoms with van der Waals surface area (Å²) in [4.78, 5) is 23.5. The number of carboxylic acids is 1. The van der Waals surface area contributed by atoms with E-state index in [1.165, 1.54) is 0 Å². The highest BCUT2D eigenvalue weighted by atomic mass is 16.4. The van der Waals surface area contributed by atoms with Crippen LogP contribution in [0.5, 0.6) is 0 Å². The average molecular weight is 246 g/mol. The van der Waals surface area contributed by atoms with Gasteiger partial charge in [0, 0.05) is 12.4 Å². The monoisotopic (exact) mass is 246 g/mol. The number of nitrogens with one attached hydrogen (secondary N) is 1. The molecule has 18 heavy (non-hydrogen) atoms. The molecule has 94 valence electrons. The number of rotatable bonds is 5. The number of pyridine rings is 1. The Morgan fingerprint density at radius 1 is 1.39 bits per heavy atom. The van der Waals surface area contributed by atoms with E-state index in [0.29, 0.717) is 23.4 Å². The van der Waals surface area contributed by atoms with Gasteiger partial charge in [-0.2, -0.15) is 0 Å². The molecule has 0 fully saturated rings. The van der Waals surface area contributed by atoms with Gasteiger partial charge in [-0.25, -0.2) is 14.8 Å². The standard InChI is InChI=1S/C12H14N4O2/c1-2-3-9(12(17)18)15-10-5-4-8-11(16-10)14-7-6-13-8/h4-7,9H,2-3H2,1H3,(H,17,18)(H,14,15,16). The Morgan fingerprint density at radius 2 is 2.17 bits per heavy atom. The number of anilines is 1. The Morgan fingerprint density at radius 3 is 2.89 bits per heavy atom. The Kier molecular flexibility index (Phi) is 3.66. The van der Waals surface area contributed by atoms with Gasteiger partial charge in [0.2, 0.25) is 0 Å². The summed E-state index contributed by atoms with van der Waals surface area (Å²) in [6, 6.07) is 2.85. The molecule has 2 aromatic rings. The third-order valence-electron chi connectivity index (χ3n) is 2.53. The van der Waals surface area contributed by atoms with Crippen LogP contribution in [-0.2, 0) is 4.79 Å². The molecular weight excluding hydrogens is 232 g/mol. The van der Waals surface area contributed by atoms with Crippen molar-refractivity contribution in [3.05, 3.63) is 24.5 Å². The van der Waals surface area contributed by atoms with E-state index < -0.39 is 12.0 Å². The molecule has 0 saturated heterocycles. The molecule has 0 aliphatic carbocycles. The molecule has 2 aromatic heterocycles. The number of carboxylic acid groups (broad SMARTS) is 1. The maximum Gasteiger partial charge on any atom is 0.326 e. The summed E-state index contributed by atoms with van der Waals surface area (Å²) in [5.41, 5.74) is 1.19. The number of nitrogens with zero attached hydrogens (tertiary/aromatic N) is 3. The average Bonchev–Trinajstić information content (AvgIpc) is 2.38. The highest BCUT2D eigenvalue weighted by Crippen LogP contribution is 2.12. The zero-order valence-electron chi connectivity index (χ0n) is 10.00. The summed E-state index contributed by atoms with van der Waals surface area (Å²) in [5.74, 6) is -0.373. The summed E-state index contributed by atoms with van der Waals surface area (Å²) < 4.78 is 0. The molecule has 6 heteroatoms. The fourth-order valence-corrected chi connectivity index (χ4v) is 1.66. The summed E-state index contributed by atoms with van der Waals surface area (Å²) in [6.45, 7) is 1.94. The fourth-order valence-electron chi connectivity index (χ4n) is 1.66. The third-order valence-corrected chi connectivity index (χ3v) is 2.53. The molecule has 0 aromatic carbocycles. The molecule has 2 rings (SSSR count). The van der Waals surface area contributed by atoms with Crippen LogP contribution in [0.4, 0.5) is 5.82 Å². The highest BCUT2D eigenvalue weighted by Gasteiger charge is 2.16. The van der Waals surface area contributed by atoms with Gasteiger partial charge in [0.1, 0.15) is 17.4 Å². The van der Waals surface area contributed by atoms with Gasteiger partial charge in [0.25, 0.3) is 0 Å². The molecule has 1 unspecified atom stereocenters. The predicted molar refractivity (Wildman–Crippen MR) is 67.3 cm³/mol. The van der Waals surface area contributed by atoms with E-state index in [-0.39, 0.29) is 0 Å². The largest absolute Gasteiger partial charge is 0.480 e. The first-order valence-corrected chi connectivity index (χ1v) is 5.78. The molecule has 2 heterocycles. The lowest BCUT2D eigenvalue weighted by Gasteiger charge is -2.13. The van der Waals surface area contributed by atoms with Crippen molar-refractivity contribution in [3.8, 4) is 0 Å². The van der Waals surface area contributed by atoms with Crippen LogP contribution in [0.15, 0.2) is 24.5 Å². The van der Waals surface area contributed by atoms with E-state index in [0.717, 1.165) is 6.42 Å². The maximum absolute atomic E-state index is 11.0. The first-order chi connectivity index (χ1) is 8.70. The van der Waals surface area contributed by atoms with Crippen molar-refractivity contribution in [2.45, 2.75) is 25.8 Å². The summed E-state index contributed by atoms with van der Waals surface area (Å²) in [6.07, 6.45) is 4.49. The minimum absolute atomic E-state index is 0.503. The molecule has 0 aliphatic heterocycles. The zero-order valence-corrected chi connectivity index (χ0v) is 10.00. The van der Waals surface area contributed by atoms with Gasteiger partial charge in [-0.05, 0) is 18.6 Å². The van der Waals surface area contributed by atoms with E-state index in [2.05, 4.69) is 20.3 Å². The molecule has 0 saturated carbocycles. The number of carbonyl (C=O) groups is 1. The Hall–Kier alpha value is -2.24. The second-order valence-corrected chi connectivity index (χ2v) is 3.92. The van der Waals surface area contributed by atoms with Gasteiger partial charge >= 0.3 is 5.97 Å². The van der Waals surface area contributed by atoms with Crippen LogP contribution >= 0.6 is 0 Å². The van der Waals surface area contributed by atoms with Gasteiger partial charge in [-0.15, -0.1) is 0 Å². The molecular formula is C12H14N4O2. The van der Waals surface area contributed by atoms with Crippen LogP contribution in [0.2, 0.25) is 0 Å². The van der Waals surface area contributed by atoms with Crippen molar-refractivity contribution < 1.29 is 9.90 Å². The van der Waals surface area contributed by atoms with Gasteiger partial charge in [-0.3, -0.25) is 4.98 Å². The quantitative estimate of drug-likeness (QED) is 0.834. The second-order valence-electron chi connectivity index (χ2n) is 3.92. The fraction of sp³-hybridized carbons (Fsp3) is 0.333. The van der Waals surface area contributed by atoms with Crippen LogP contribution in [0, 0.1) is 0 Å². The van der Waals surface area contributed by atoms with E-state index in [1.54, 1.807) is 24.5 Å². The van der Waals surface area contributed by atoms with Crippen molar-refractivity contribution >= 4 is 23.0 Å². The first-order valence-electron chi connectivity index (χ1n) is 5.78. The van der Waals surface area contributed by atoms with Crippen LogP contribution in [0.3, 0.4) is 0 Å². The lowest BCUT2D eigenvalue weighted by molar-refractivity contribution is -0.138. The van der Waals surface area contributed by atoms with Crippen LogP contribution < -0.4 is 5.32 Å². The Bertz CT molecular complexity index is 559. The SMILES string of the molecule is CCCC(Nc1ccc2nccnc2n1)C(=O)O. The first kappa shape index (κ1) is 12.2. The van der Waals surface area contributed by atoms with Crippen molar-refractivity contribution in [3.63, 3.8) is 0 Å². The topological polar surface area (TPSA) is 88.0 Å². The lowest BCUT2D eigenvalue weighted by atomic mass is 10.1. The molecule has 6 nitrogen and oxygen atoms in total. The number of hydrogen-bond donors (Lipinski definition) is 2. The molecule has 1 atom stereocenters. The van der Waals surface area contributed by atoms with E-state index in [9.17, 15) is 4.79 Å².